The Bertz CT molecular complexity index is 567. The molecule has 0 amide bonds. The minimum absolute atomic E-state index is 0.0746. The number of hydrogen-bond acceptors (Lipinski definition) is 5. The lowest BCUT2D eigenvalue weighted by molar-refractivity contribution is 0.330. The topological polar surface area (TPSA) is 78.0 Å². The number of aromatic nitrogens is 3. The monoisotopic (exact) mass is 289 g/mol. The normalized spacial score (nSPS) is 12.6. The van der Waals surface area contributed by atoms with Crippen LogP contribution in [0.3, 0.4) is 0 Å². The van der Waals surface area contributed by atoms with Gasteiger partial charge in [0.05, 0.1) is 12.6 Å². The molecule has 2 aromatic rings. The molecule has 1 atom stereocenters. The zero-order valence-electron chi connectivity index (χ0n) is 12.8. The summed E-state index contributed by atoms with van der Waals surface area (Å²) in [7, 11) is 0. The molecule has 0 spiro atoms. The molecule has 0 aliphatic carbocycles. The fourth-order valence-corrected chi connectivity index (χ4v) is 2.35. The van der Waals surface area contributed by atoms with Crippen LogP contribution < -0.4 is 16.0 Å². The van der Waals surface area contributed by atoms with Gasteiger partial charge in [0.2, 0.25) is 0 Å². The zero-order valence-corrected chi connectivity index (χ0v) is 12.8. The van der Waals surface area contributed by atoms with Crippen LogP contribution in [0.1, 0.15) is 44.2 Å². The van der Waals surface area contributed by atoms with Crippen molar-refractivity contribution in [2.45, 2.75) is 39.3 Å². The predicted octanol–water partition coefficient (Wildman–Crippen LogP) is 2.00. The smallest absolute Gasteiger partial charge is 0.138 e. The molecule has 0 radical (unpaired) electrons. The zero-order chi connectivity index (χ0) is 15.2. The van der Waals surface area contributed by atoms with E-state index in [0.717, 1.165) is 17.1 Å². The molecule has 3 N–H and O–H groups in total. The largest absolute Gasteiger partial charge is 0.494 e. The van der Waals surface area contributed by atoms with Crippen LogP contribution in [0.5, 0.6) is 5.75 Å². The molecule has 2 rings (SSSR count). The molecule has 0 aliphatic heterocycles. The highest BCUT2D eigenvalue weighted by Crippen LogP contribution is 2.27. The molecular weight excluding hydrogens is 266 g/mol. The summed E-state index contributed by atoms with van der Waals surface area (Å²) in [5, 5.41) is 4.26. The highest BCUT2D eigenvalue weighted by Gasteiger charge is 2.19. The van der Waals surface area contributed by atoms with E-state index in [-0.39, 0.29) is 12.1 Å². The number of para-hydroxylation sites is 1. The van der Waals surface area contributed by atoms with E-state index in [4.69, 9.17) is 10.6 Å². The quantitative estimate of drug-likeness (QED) is 0.602. The van der Waals surface area contributed by atoms with Gasteiger partial charge < -0.3 is 4.74 Å². The lowest BCUT2D eigenvalue weighted by Crippen LogP contribution is -2.31. The average Bonchev–Trinajstić information content (AvgIpc) is 2.94. The average molecular weight is 289 g/mol. The van der Waals surface area contributed by atoms with E-state index in [0.29, 0.717) is 13.0 Å². The number of nitrogens with zero attached hydrogens (tertiary/aromatic N) is 3. The summed E-state index contributed by atoms with van der Waals surface area (Å²) in [5.41, 5.74) is 3.89. The van der Waals surface area contributed by atoms with Crippen molar-refractivity contribution in [1.82, 2.24) is 20.2 Å². The fourth-order valence-electron chi connectivity index (χ4n) is 2.35. The number of ether oxygens (including phenoxy) is 1. The molecule has 6 nitrogen and oxygen atoms in total. The van der Waals surface area contributed by atoms with Gasteiger partial charge in [0, 0.05) is 18.0 Å². The van der Waals surface area contributed by atoms with E-state index in [9.17, 15) is 0 Å². The summed E-state index contributed by atoms with van der Waals surface area (Å²) in [5.74, 6) is 7.50. The van der Waals surface area contributed by atoms with Crippen molar-refractivity contribution in [2.75, 3.05) is 6.61 Å². The Balaban J connectivity index is 2.26. The molecule has 6 heteroatoms. The molecule has 1 aromatic carbocycles. The molecule has 1 aromatic heterocycles. The first-order chi connectivity index (χ1) is 10.2. The highest BCUT2D eigenvalue weighted by atomic mass is 16.5. The number of rotatable bonds is 7. The Morgan fingerprint density at radius 2 is 2.10 bits per heavy atom. The summed E-state index contributed by atoms with van der Waals surface area (Å²) >= 11 is 0. The van der Waals surface area contributed by atoms with Gasteiger partial charge in [-0.15, -0.1) is 0 Å². The third-order valence-electron chi connectivity index (χ3n) is 3.32. The molecule has 1 unspecified atom stereocenters. The minimum atomic E-state index is -0.0746. The number of hydrazine groups is 1. The summed E-state index contributed by atoms with van der Waals surface area (Å²) in [6.07, 6.45) is 2.23. The third kappa shape index (κ3) is 3.59. The number of nitrogens with one attached hydrogen (secondary N) is 1. The first-order valence-electron chi connectivity index (χ1n) is 7.23. The second-order valence-electron chi connectivity index (χ2n) is 5.11. The van der Waals surface area contributed by atoms with Crippen LogP contribution in [0.25, 0.3) is 0 Å². The lowest BCUT2D eigenvalue weighted by Gasteiger charge is -2.20. The van der Waals surface area contributed by atoms with E-state index in [1.807, 2.05) is 35.9 Å². The second kappa shape index (κ2) is 7.19. The maximum Gasteiger partial charge on any atom is 0.138 e. The van der Waals surface area contributed by atoms with Gasteiger partial charge >= 0.3 is 0 Å². The van der Waals surface area contributed by atoms with Crippen molar-refractivity contribution in [3.05, 3.63) is 42.0 Å². The van der Waals surface area contributed by atoms with Crippen LogP contribution >= 0.6 is 0 Å². The van der Waals surface area contributed by atoms with E-state index < -0.39 is 0 Å². The molecule has 21 heavy (non-hydrogen) atoms. The molecular formula is C15H23N5O. The van der Waals surface area contributed by atoms with E-state index >= 15 is 0 Å². The number of nitrogens with two attached hydrogens (primary N) is 1. The standard InChI is InChI=1S/C15H23N5O/c1-4-21-14-8-6-5-7-12(14)13(19-16)9-15-17-10-18-20(15)11(2)3/h5-8,10-11,13,19H,4,9,16H2,1-3H3. The van der Waals surface area contributed by atoms with Crippen molar-refractivity contribution in [1.29, 1.82) is 0 Å². The Labute approximate surface area is 125 Å². The van der Waals surface area contributed by atoms with Crippen molar-refractivity contribution in [3.63, 3.8) is 0 Å². The van der Waals surface area contributed by atoms with Crippen molar-refractivity contribution >= 4 is 0 Å². The molecule has 0 bridgehead atoms. The van der Waals surface area contributed by atoms with Gasteiger partial charge in [0.1, 0.15) is 17.9 Å². The highest BCUT2D eigenvalue weighted by molar-refractivity contribution is 5.36. The molecule has 0 saturated heterocycles. The van der Waals surface area contributed by atoms with E-state index in [1.165, 1.54) is 0 Å². The minimum Gasteiger partial charge on any atom is -0.494 e. The fraction of sp³-hybridized carbons (Fsp3) is 0.467. The molecule has 0 fully saturated rings. The van der Waals surface area contributed by atoms with Gasteiger partial charge in [-0.25, -0.2) is 9.67 Å². The van der Waals surface area contributed by atoms with Crippen molar-refractivity contribution < 1.29 is 4.74 Å². The number of hydrogen-bond donors (Lipinski definition) is 2. The summed E-state index contributed by atoms with van der Waals surface area (Å²) in [6, 6.07) is 8.10. The molecule has 1 heterocycles. The maximum absolute atomic E-state index is 5.75. The van der Waals surface area contributed by atoms with Crippen molar-refractivity contribution in [3.8, 4) is 5.75 Å². The summed E-state index contributed by atoms with van der Waals surface area (Å²) in [4.78, 5) is 4.34. The molecule has 114 valence electrons. The maximum atomic E-state index is 5.75. The van der Waals surface area contributed by atoms with Crippen LogP contribution in [0.2, 0.25) is 0 Å². The molecule has 0 saturated carbocycles. The first-order valence-corrected chi connectivity index (χ1v) is 7.23. The third-order valence-corrected chi connectivity index (χ3v) is 3.32. The number of benzene rings is 1. The van der Waals surface area contributed by atoms with Crippen LogP contribution in [0.4, 0.5) is 0 Å². The Hall–Kier alpha value is -1.92. The van der Waals surface area contributed by atoms with Crippen LogP contribution in [-0.4, -0.2) is 21.4 Å². The van der Waals surface area contributed by atoms with E-state index in [1.54, 1.807) is 6.33 Å². The summed E-state index contributed by atoms with van der Waals surface area (Å²) in [6.45, 7) is 6.75. The SMILES string of the molecule is CCOc1ccccc1C(Cc1ncnn1C(C)C)NN. The van der Waals surface area contributed by atoms with E-state index in [2.05, 4.69) is 29.4 Å². The van der Waals surface area contributed by atoms with Gasteiger partial charge in [0.25, 0.3) is 0 Å². The predicted molar refractivity (Wildman–Crippen MR) is 81.8 cm³/mol. The Morgan fingerprint density at radius 1 is 1.33 bits per heavy atom. The van der Waals surface area contributed by atoms with Gasteiger partial charge in [-0.2, -0.15) is 5.10 Å². The summed E-state index contributed by atoms with van der Waals surface area (Å²) < 4.78 is 7.59. The van der Waals surface area contributed by atoms with Gasteiger partial charge in [-0.1, -0.05) is 18.2 Å². The second-order valence-corrected chi connectivity index (χ2v) is 5.11. The van der Waals surface area contributed by atoms with Crippen LogP contribution in [0, 0.1) is 0 Å². The Morgan fingerprint density at radius 3 is 2.76 bits per heavy atom. The lowest BCUT2D eigenvalue weighted by atomic mass is 10.0. The van der Waals surface area contributed by atoms with Crippen LogP contribution in [0.15, 0.2) is 30.6 Å². The van der Waals surface area contributed by atoms with Gasteiger partial charge in [-0.3, -0.25) is 11.3 Å². The van der Waals surface area contributed by atoms with Gasteiger partial charge in [-0.05, 0) is 26.8 Å². The molecule has 0 aliphatic rings. The van der Waals surface area contributed by atoms with Gasteiger partial charge in [0.15, 0.2) is 0 Å². The Kier molecular flexibility index (Phi) is 5.30. The first kappa shape index (κ1) is 15.5. The van der Waals surface area contributed by atoms with Crippen molar-refractivity contribution in [2.24, 2.45) is 5.84 Å². The van der Waals surface area contributed by atoms with Crippen LogP contribution in [-0.2, 0) is 6.42 Å².